The molecule has 0 aliphatic heterocycles. The zero-order chi connectivity index (χ0) is 12.3. The van der Waals surface area contributed by atoms with Gasteiger partial charge in [-0.3, -0.25) is 0 Å². The number of carboxylic acid groups (broad SMARTS) is 1. The van der Waals surface area contributed by atoms with E-state index in [-0.39, 0.29) is 11.4 Å². The standard InChI is InChI=1S/C12H10N2O3/c1-8-2-4-9(5-3-8)17-11-10(12(15)16)6-7-13-14-11/h2-7H,1H3,(H,15,16). The Morgan fingerprint density at radius 3 is 2.59 bits per heavy atom. The summed E-state index contributed by atoms with van der Waals surface area (Å²) in [6.45, 7) is 1.95. The Hall–Kier alpha value is -2.43. The van der Waals surface area contributed by atoms with Crippen LogP contribution in [0.3, 0.4) is 0 Å². The average molecular weight is 230 g/mol. The van der Waals surface area contributed by atoms with Crippen molar-refractivity contribution >= 4 is 5.97 Å². The number of aromatic carboxylic acids is 1. The Morgan fingerprint density at radius 2 is 1.94 bits per heavy atom. The molecule has 0 saturated heterocycles. The van der Waals surface area contributed by atoms with E-state index in [9.17, 15) is 4.79 Å². The first-order valence-corrected chi connectivity index (χ1v) is 4.96. The highest BCUT2D eigenvalue weighted by molar-refractivity contribution is 5.90. The second-order valence-corrected chi connectivity index (χ2v) is 3.47. The fraction of sp³-hybridized carbons (Fsp3) is 0.0833. The third-order valence-corrected chi connectivity index (χ3v) is 2.15. The SMILES string of the molecule is Cc1ccc(Oc2nnccc2C(=O)O)cc1. The fourth-order valence-electron chi connectivity index (χ4n) is 1.27. The highest BCUT2D eigenvalue weighted by Crippen LogP contribution is 2.22. The van der Waals surface area contributed by atoms with Crippen LogP contribution in [-0.4, -0.2) is 21.3 Å². The van der Waals surface area contributed by atoms with Crippen molar-refractivity contribution in [1.82, 2.24) is 10.2 Å². The number of carbonyl (C=O) groups is 1. The van der Waals surface area contributed by atoms with Crippen molar-refractivity contribution in [3.63, 3.8) is 0 Å². The van der Waals surface area contributed by atoms with Gasteiger partial charge in [-0.2, -0.15) is 5.10 Å². The van der Waals surface area contributed by atoms with Gasteiger partial charge in [0.1, 0.15) is 11.3 Å². The zero-order valence-corrected chi connectivity index (χ0v) is 9.12. The van der Waals surface area contributed by atoms with E-state index in [1.807, 2.05) is 19.1 Å². The molecule has 1 aromatic heterocycles. The Morgan fingerprint density at radius 1 is 1.24 bits per heavy atom. The number of aryl methyl sites for hydroxylation is 1. The molecule has 2 rings (SSSR count). The summed E-state index contributed by atoms with van der Waals surface area (Å²) in [5.41, 5.74) is 1.08. The molecule has 0 unspecified atom stereocenters. The Bertz CT molecular complexity index is 538. The third-order valence-electron chi connectivity index (χ3n) is 2.15. The normalized spacial score (nSPS) is 9.94. The molecule has 0 aliphatic carbocycles. The van der Waals surface area contributed by atoms with Crippen LogP contribution in [0.15, 0.2) is 36.5 Å². The minimum absolute atomic E-state index is 0.0103. The van der Waals surface area contributed by atoms with Crippen LogP contribution in [0.4, 0.5) is 0 Å². The largest absolute Gasteiger partial charge is 0.477 e. The summed E-state index contributed by atoms with van der Waals surface area (Å²) in [4.78, 5) is 10.9. The number of rotatable bonds is 3. The molecule has 17 heavy (non-hydrogen) atoms. The zero-order valence-electron chi connectivity index (χ0n) is 9.12. The quantitative estimate of drug-likeness (QED) is 0.875. The van der Waals surface area contributed by atoms with Crippen molar-refractivity contribution in [3.8, 4) is 11.6 Å². The summed E-state index contributed by atoms with van der Waals surface area (Å²) in [5, 5.41) is 16.2. The second-order valence-electron chi connectivity index (χ2n) is 3.47. The van der Waals surface area contributed by atoms with Crippen molar-refractivity contribution in [2.45, 2.75) is 6.92 Å². The van der Waals surface area contributed by atoms with Crippen LogP contribution in [0.5, 0.6) is 11.6 Å². The number of hydrogen-bond donors (Lipinski definition) is 1. The van der Waals surface area contributed by atoms with Crippen molar-refractivity contribution in [2.75, 3.05) is 0 Å². The predicted octanol–water partition coefficient (Wildman–Crippen LogP) is 2.28. The lowest BCUT2D eigenvalue weighted by atomic mass is 10.2. The summed E-state index contributed by atoms with van der Waals surface area (Å²) in [5.74, 6) is -0.579. The predicted molar refractivity (Wildman–Crippen MR) is 60.2 cm³/mol. The highest BCUT2D eigenvalue weighted by atomic mass is 16.5. The van der Waals surface area contributed by atoms with Gasteiger partial charge in [-0.25, -0.2) is 4.79 Å². The van der Waals surface area contributed by atoms with Crippen LogP contribution < -0.4 is 4.74 Å². The smallest absolute Gasteiger partial charge is 0.341 e. The first-order valence-electron chi connectivity index (χ1n) is 4.96. The lowest BCUT2D eigenvalue weighted by molar-refractivity contribution is 0.0693. The summed E-state index contributed by atoms with van der Waals surface area (Å²) in [6, 6.07) is 8.57. The van der Waals surface area contributed by atoms with E-state index in [4.69, 9.17) is 9.84 Å². The number of benzene rings is 1. The van der Waals surface area contributed by atoms with E-state index in [0.29, 0.717) is 5.75 Å². The van der Waals surface area contributed by atoms with E-state index in [0.717, 1.165) is 5.56 Å². The second kappa shape index (κ2) is 4.61. The number of ether oxygens (including phenoxy) is 1. The van der Waals surface area contributed by atoms with E-state index < -0.39 is 5.97 Å². The van der Waals surface area contributed by atoms with Crippen LogP contribution in [0.1, 0.15) is 15.9 Å². The number of hydrogen-bond acceptors (Lipinski definition) is 4. The van der Waals surface area contributed by atoms with Gasteiger partial charge < -0.3 is 9.84 Å². The number of aromatic nitrogens is 2. The number of carboxylic acids is 1. The first kappa shape index (κ1) is 11.1. The molecule has 1 heterocycles. The van der Waals surface area contributed by atoms with Crippen molar-refractivity contribution < 1.29 is 14.6 Å². The van der Waals surface area contributed by atoms with Gasteiger partial charge in [0.15, 0.2) is 0 Å². The lowest BCUT2D eigenvalue weighted by Gasteiger charge is -2.06. The van der Waals surface area contributed by atoms with Crippen LogP contribution in [-0.2, 0) is 0 Å². The summed E-state index contributed by atoms with van der Waals surface area (Å²) >= 11 is 0. The van der Waals surface area contributed by atoms with Crippen LogP contribution in [0.2, 0.25) is 0 Å². The molecule has 5 heteroatoms. The monoisotopic (exact) mass is 230 g/mol. The van der Waals surface area contributed by atoms with Gasteiger partial charge >= 0.3 is 5.97 Å². The number of nitrogens with zero attached hydrogens (tertiary/aromatic N) is 2. The molecule has 0 spiro atoms. The molecule has 0 saturated carbocycles. The molecular formula is C12H10N2O3. The van der Waals surface area contributed by atoms with Crippen molar-refractivity contribution in [3.05, 3.63) is 47.7 Å². The van der Waals surface area contributed by atoms with Crippen LogP contribution in [0.25, 0.3) is 0 Å². The molecule has 0 fully saturated rings. The molecule has 0 bridgehead atoms. The fourth-order valence-corrected chi connectivity index (χ4v) is 1.27. The van der Waals surface area contributed by atoms with Gasteiger partial charge in [0.25, 0.3) is 5.88 Å². The molecule has 1 aromatic carbocycles. The maximum Gasteiger partial charge on any atom is 0.341 e. The lowest BCUT2D eigenvalue weighted by Crippen LogP contribution is -2.02. The minimum Gasteiger partial charge on any atom is -0.477 e. The topological polar surface area (TPSA) is 72.3 Å². The Kier molecular flexibility index (Phi) is 3.00. The molecule has 1 N–H and O–H groups in total. The minimum atomic E-state index is -1.10. The summed E-state index contributed by atoms with van der Waals surface area (Å²) in [7, 11) is 0. The molecule has 0 aliphatic rings. The van der Waals surface area contributed by atoms with E-state index in [1.165, 1.54) is 12.3 Å². The summed E-state index contributed by atoms with van der Waals surface area (Å²) in [6.07, 6.45) is 1.31. The van der Waals surface area contributed by atoms with Crippen LogP contribution in [0, 0.1) is 6.92 Å². The highest BCUT2D eigenvalue weighted by Gasteiger charge is 2.13. The van der Waals surface area contributed by atoms with Crippen molar-refractivity contribution in [2.24, 2.45) is 0 Å². The maximum atomic E-state index is 10.9. The van der Waals surface area contributed by atoms with Gasteiger partial charge in [0, 0.05) is 0 Å². The first-order chi connectivity index (χ1) is 8.16. The van der Waals surface area contributed by atoms with E-state index in [1.54, 1.807) is 12.1 Å². The summed E-state index contributed by atoms with van der Waals surface area (Å²) < 4.78 is 5.37. The molecule has 0 amide bonds. The van der Waals surface area contributed by atoms with E-state index >= 15 is 0 Å². The van der Waals surface area contributed by atoms with Gasteiger partial charge in [-0.15, -0.1) is 5.10 Å². The molecule has 0 radical (unpaired) electrons. The molecule has 5 nitrogen and oxygen atoms in total. The van der Waals surface area contributed by atoms with Gasteiger partial charge in [-0.1, -0.05) is 17.7 Å². The molecular weight excluding hydrogens is 220 g/mol. The van der Waals surface area contributed by atoms with Gasteiger partial charge in [0.05, 0.1) is 6.20 Å². The average Bonchev–Trinajstić information content (AvgIpc) is 2.32. The van der Waals surface area contributed by atoms with E-state index in [2.05, 4.69) is 10.2 Å². The van der Waals surface area contributed by atoms with Gasteiger partial charge in [0.2, 0.25) is 0 Å². The van der Waals surface area contributed by atoms with Crippen LogP contribution >= 0.6 is 0 Å². The molecule has 0 atom stereocenters. The Labute approximate surface area is 97.7 Å². The maximum absolute atomic E-state index is 10.9. The Balaban J connectivity index is 2.30. The molecule has 86 valence electrons. The van der Waals surface area contributed by atoms with Gasteiger partial charge in [-0.05, 0) is 25.1 Å². The third kappa shape index (κ3) is 2.57. The van der Waals surface area contributed by atoms with Crippen molar-refractivity contribution in [1.29, 1.82) is 0 Å². The molecule has 2 aromatic rings.